The van der Waals surface area contributed by atoms with E-state index in [0.717, 1.165) is 41.0 Å². The van der Waals surface area contributed by atoms with Crippen molar-refractivity contribution in [1.82, 2.24) is 0 Å². The smallest absolute Gasteiger partial charge is 0.164 e. The Balaban J connectivity index is 1.40. The fourth-order valence-electron chi connectivity index (χ4n) is 6.20. The van der Waals surface area contributed by atoms with E-state index in [1.807, 2.05) is 54.6 Å². The van der Waals surface area contributed by atoms with E-state index in [0.29, 0.717) is 28.7 Å². The molecule has 0 bridgehead atoms. The van der Waals surface area contributed by atoms with E-state index in [1.165, 1.54) is 18.4 Å². The zero-order valence-corrected chi connectivity index (χ0v) is 24.8. The molecule has 1 aliphatic heterocycles. The molecular weight excluding hydrogens is 516 g/mol. The maximum atomic E-state index is 10.9. The van der Waals surface area contributed by atoms with Gasteiger partial charge in [0, 0.05) is 5.92 Å². The molecule has 0 aromatic heterocycles. The number of benzene rings is 3. The normalized spacial score (nSPS) is 19.4. The van der Waals surface area contributed by atoms with E-state index in [2.05, 4.69) is 19.9 Å². The summed E-state index contributed by atoms with van der Waals surface area (Å²) >= 11 is 0. The quantitative estimate of drug-likeness (QED) is 0.285. The van der Waals surface area contributed by atoms with Crippen LogP contribution in [0.25, 0.3) is 24.3 Å². The maximum Gasteiger partial charge on any atom is 0.164 e. The fourth-order valence-corrected chi connectivity index (χ4v) is 6.20. The molecule has 6 heteroatoms. The van der Waals surface area contributed by atoms with Crippen molar-refractivity contribution in [1.29, 1.82) is 0 Å². The second-order valence-corrected chi connectivity index (χ2v) is 11.5. The van der Waals surface area contributed by atoms with Crippen LogP contribution in [0, 0.1) is 11.3 Å². The Labute approximate surface area is 243 Å². The first-order chi connectivity index (χ1) is 19.8. The van der Waals surface area contributed by atoms with Crippen molar-refractivity contribution in [3.63, 3.8) is 0 Å². The molecular formula is C35H40O6. The van der Waals surface area contributed by atoms with Crippen molar-refractivity contribution in [3.05, 3.63) is 70.3 Å². The molecule has 3 aromatic rings. The second-order valence-electron chi connectivity index (χ2n) is 11.5. The highest BCUT2D eigenvalue weighted by Crippen LogP contribution is 2.50. The highest BCUT2D eigenvalue weighted by Gasteiger charge is 2.43. The SMILES string of the molecule is COc1ccc(/C=C/c2c(O)cc(/C=C/c3cc4c(c(OC)c3)OC3CCCC(C)(C)[C@H]3C4)cc2OC)cc1OC. The van der Waals surface area contributed by atoms with Crippen LogP contribution in [-0.4, -0.2) is 39.6 Å². The fraction of sp³-hybridized carbons (Fsp3) is 0.371. The molecule has 216 valence electrons. The van der Waals surface area contributed by atoms with Gasteiger partial charge in [0.05, 0.1) is 34.0 Å². The van der Waals surface area contributed by atoms with Crippen LogP contribution in [-0.2, 0) is 6.42 Å². The van der Waals surface area contributed by atoms with Crippen molar-refractivity contribution < 1.29 is 28.8 Å². The summed E-state index contributed by atoms with van der Waals surface area (Å²) in [4.78, 5) is 0. The average molecular weight is 557 g/mol. The third-order valence-electron chi connectivity index (χ3n) is 8.53. The first-order valence-corrected chi connectivity index (χ1v) is 14.1. The number of phenols is 1. The number of ether oxygens (including phenoxy) is 5. The molecule has 1 saturated carbocycles. The van der Waals surface area contributed by atoms with Gasteiger partial charge in [-0.1, -0.05) is 38.1 Å². The van der Waals surface area contributed by atoms with Gasteiger partial charge in [0.1, 0.15) is 17.6 Å². The van der Waals surface area contributed by atoms with Gasteiger partial charge in [-0.15, -0.1) is 0 Å². The Bertz CT molecular complexity index is 1470. The predicted octanol–water partition coefficient (Wildman–Crippen LogP) is 7.90. The summed E-state index contributed by atoms with van der Waals surface area (Å²) in [5.74, 6) is 4.14. The Hall–Kier alpha value is -4.06. The molecule has 1 heterocycles. The number of methoxy groups -OCH3 is 4. The van der Waals surface area contributed by atoms with Crippen molar-refractivity contribution in [2.75, 3.05) is 28.4 Å². The summed E-state index contributed by atoms with van der Waals surface area (Å²) in [6, 6.07) is 13.5. The number of phenolic OH excluding ortho intramolecular Hbond substituents is 1. The largest absolute Gasteiger partial charge is 0.507 e. The van der Waals surface area contributed by atoms with E-state index in [1.54, 1.807) is 34.5 Å². The standard InChI is InChI=1S/C35H40O6/c1-35(2)15-7-8-29-27(35)21-25-16-23(20-33(40-6)34(25)41-29)9-10-24-17-28(36)26(31(19-24)38-4)13-11-22-12-14-30(37-3)32(18-22)39-5/h9-14,16-20,27,29,36H,7-8,15,21H2,1-6H3/b10-9+,13-11+/t27-,29?/m0/s1. The van der Waals surface area contributed by atoms with Gasteiger partial charge in [0.2, 0.25) is 0 Å². The lowest BCUT2D eigenvalue weighted by atomic mass is 9.64. The lowest BCUT2D eigenvalue weighted by Crippen LogP contribution is -2.45. The number of rotatable bonds is 8. The molecule has 0 spiro atoms. The first kappa shape index (κ1) is 28.5. The Kier molecular flexibility index (Phi) is 8.20. The zero-order chi connectivity index (χ0) is 29.1. The minimum absolute atomic E-state index is 0.128. The number of hydrogen-bond acceptors (Lipinski definition) is 6. The van der Waals surface area contributed by atoms with Gasteiger partial charge >= 0.3 is 0 Å². The Morgan fingerprint density at radius 3 is 2.10 bits per heavy atom. The minimum atomic E-state index is 0.128. The molecule has 1 unspecified atom stereocenters. The van der Waals surface area contributed by atoms with E-state index >= 15 is 0 Å². The molecule has 3 aromatic carbocycles. The van der Waals surface area contributed by atoms with Crippen LogP contribution in [0.2, 0.25) is 0 Å². The highest BCUT2D eigenvalue weighted by molar-refractivity contribution is 5.80. The van der Waals surface area contributed by atoms with Crippen LogP contribution < -0.4 is 23.7 Å². The van der Waals surface area contributed by atoms with E-state index in [4.69, 9.17) is 23.7 Å². The molecule has 2 atom stereocenters. The van der Waals surface area contributed by atoms with Crippen LogP contribution >= 0.6 is 0 Å². The summed E-state index contributed by atoms with van der Waals surface area (Å²) < 4.78 is 28.6. The number of fused-ring (bicyclic) bond motifs is 2. The first-order valence-electron chi connectivity index (χ1n) is 14.1. The van der Waals surface area contributed by atoms with E-state index < -0.39 is 0 Å². The predicted molar refractivity (Wildman–Crippen MR) is 164 cm³/mol. The van der Waals surface area contributed by atoms with Gasteiger partial charge in [-0.2, -0.15) is 0 Å². The second kappa shape index (κ2) is 11.8. The molecule has 5 rings (SSSR count). The van der Waals surface area contributed by atoms with Gasteiger partial charge in [0.15, 0.2) is 23.0 Å². The minimum Gasteiger partial charge on any atom is -0.507 e. The van der Waals surface area contributed by atoms with Crippen LogP contribution in [0.1, 0.15) is 60.9 Å². The van der Waals surface area contributed by atoms with Gasteiger partial charge < -0.3 is 28.8 Å². The Morgan fingerprint density at radius 1 is 0.756 bits per heavy atom. The van der Waals surface area contributed by atoms with Crippen molar-refractivity contribution in [3.8, 4) is 34.5 Å². The molecule has 0 radical (unpaired) electrons. The lowest BCUT2D eigenvalue weighted by Gasteiger charge is -2.47. The topological polar surface area (TPSA) is 66.4 Å². The van der Waals surface area contributed by atoms with Crippen LogP contribution in [0.15, 0.2) is 42.5 Å². The zero-order valence-electron chi connectivity index (χ0n) is 24.8. The molecule has 0 saturated heterocycles. The molecule has 1 N–H and O–H groups in total. The highest BCUT2D eigenvalue weighted by atomic mass is 16.5. The number of hydrogen-bond donors (Lipinski definition) is 1. The molecule has 0 amide bonds. The molecule has 2 aliphatic rings. The summed E-state index contributed by atoms with van der Waals surface area (Å²) in [6.45, 7) is 4.73. The maximum absolute atomic E-state index is 10.9. The van der Waals surface area contributed by atoms with Gasteiger partial charge in [-0.3, -0.25) is 0 Å². The third kappa shape index (κ3) is 5.88. The van der Waals surface area contributed by atoms with Crippen molar-refractivity contribution in [2.45, 2.75) is 45.6 Å². The van der Waals surface area contributed by atoms with E-state index in [-0.39, 0.29) is 17.3 Å². The molecule has 41 heavy (non-hydrogen) atoms. The number of aromatic hydroxyl groups is 1. The molecule has 1 fully saturated rings. The van der Waals surface area contributed by atoms with Gasteiger partial charge in [-0.05, 0) is 95.8 Å². The molecule has 6 nitrogen and oxygen atoms in total. The van der Waals surface area contributed by atoms with Crippen molar-refractivity contribution >= 4 is 24.3 Å². The van der Waals surface area contributed by atoms with Gasteiger partial charge in [-0.25, -0.2) is 0 Å². The van der Waals surface area contributed by atoms with Crippen LogP contribution in [0.3, 0.4) is 0 Å². The van der Waals surface area contributed by atoms with Gasteiger partial charge in [0.25, 0.3) is 0 Å². The summed E-state index contributed by atoms with van der Waals surface area (Å²) in [6.07, 6.45) is 12.5. The average Bonchev–Trinajstić information content (AvgIpc) is 2.97. The lowest BCUT2D eigenvalue weighted by molar-refractivity contribution is -0.00708. The summed E-state index contributed by atoms with van der Waals surface area (Å²) in [5.41, 5.74) is 4.79. The van der Waals surface area contributed by atoms with E-state index in [9.17, 15) is 5.11 Å². The van der Waals surface area contributed by atoms with Crippen LogP contribution in [0.4, 0.5) is 0 Å². The third-order valence-corrected chi connectivity index (χ3v) is 8.53. The Morgan fingerprint density at radius 2 is 1.39 bits per heavy atom. The van der Waals surface area contributed by atoms with Crippen LogP contribution in [0.5, 0.6) is 34.5 Å². The summed E-state index contributed by atoms with van der Waals surface area (Å²) in [7, 11) is 6.51. The molecule has 1 aliphatic carbocycles. The monoisotopic (exact) mass is 556 g/mol. The summed E-state index contributed by atoms with van der Waals surface area (Å²) in [5, 5.41) is 10.9. The van der Waals surface area contributed by atoms with Crippen molar-refractivity contribution in [2.24, 2.45) is 11.3 Å².